The molecule has 0 saturated heterocycles. The fourth-order valence-electron chi connectivity index (χ4n) is 2.39. The predicted molar refractivity (Wildman–Crippen MR) is 78.9 cm³/mol. The summed E-state index contributed by atoms with van der Waals surface area (Å²) in [5.41, 5.74) is 0.509. The van der Waals surface area contributed by atoms with Gasteiger partial charge in [0.2, 0.25) is 0 Å². The van der Waals surface area contributed by atoms with Crippen LogP contribution in [0.1, 0.15) is 58.2 Å². The maximum atomic E-state index is 4.58. The largest absolute Gasteiger partial charge is 0.369 e. The summed E-state index contributed by atoms with van der Waals surface area (Å²) in [6, 6.07) is 1.97. The van der Waals surface area contributed by atoms with Gasteiger partial charge in [0.25, 0.3) is 0 Å². The van der Waals surface area contributed by atoms with E-state index < -0.39 is 0 Å². The van der Waals surface area contributed by atoms with E-state index in [1.165, 1.54) is 25.7 Å². The van der Waals surface area contributed by atoms with Crippen molar-refractivity contribution in [1.29, 1.82) is 0 Å². The van der Waals surface area contributed by atoms with Gasteiger partial charge in [0.05, 0.1) is 0 Å². The Hall–Kier alpha value is -0.640. The van der Waals surface area contributed by atoms with Crippen LogP contribution >= 0.6 is 15.9 Å². The van der Waals surface area contributed by atoms with E-state index in [0.29, 0.717) is 11.3 Å². The molecule has 1 aromatic rings. The Morgan fingerprint density at radius 3 is 2.61 bits per heavy atom. The van der Waals surface area contributed by atoms with Crippen molar-refractivity contribution in [3.63, 3.8) is 0 Å². The second-order valence-corrected chi connectivity index (χ2v) is 6.46. The predicted octanol–water partition coefficient (Wildman–Crippen LogP) is 4.35. The number of aromatic nitrogens is 2. The van der Waals surface area contributed by atoms with Crippen LogP contribution in [-0.2, 0) is 0 Å². The maximum absolute atomic E-state index is 4.58. The Morgan fingerprint density at radius 1 is 1.39 bits per heavy atom. The molecule has 3 nitrogen and oxygen atoms in total. The summed E-state index contributed by atoms with van der Waals surface area (Å²) in [7, 11) is 0. The van der Waals surface area contributed by atoms with Crippen molar-refractivity contribution in [3.05, 3.63) is 16.5 Å². The van der Waals surface area contributed by atoms with Gasteiger partial charge >= 0.3 is 0 Å². The zero-order valence-electron chi connectivity index (χ0n) is 11.5. The zero-order chi connectivity index (χ0) is 13.2. The third-order valence-electron chi connectivity index (χ3n) is 4.04. The van der Waals surface area contributed by atoms with E-state index in [4.69, 9.17) is 0 Å². The van der Waals surface area contributed by atoms with Crippen molar-refractivity contribution in [3.8, 4) is 0 Å². The van der Waals surface area contributed by atoms with Crippen molar-refractivity contribution >= 4 is 21.7 Å². The molecule has 0 atom stereocenters. The monoisotopic (exact) mass is 311 g/mol. The highest BCUT2D eigenvalue weighted by atomic mass is 79.9. The van der Waals surface area contributed by atoms with Crippen molar-refractivity contribution in [1.82, 2.24) is 9.97 Å². The molecule has 0 aromatic carbocycles. The molecule has 0 spiro atoms. The van der Waals surface area contributed by atoms with Crippen molar-refractivity contribution in [2.24, 2.45) is 5.41 Å². The Balaban J connectivity index is 2.05. The highest BCUT2D eigenvalue weighted by molar-refractivity contribution is 9.10. The van der Waals surface area contributed by atoms with Gasteiger partial charge in [-0.05, 0) is 40.6 Å². The average molecular weight is 312 g/mol. The van der Waals surface area contributed by atoms with Crippen LogP contribution in [0.25, 0.3) is 0 Å². The fourth-order valence-corrected chi connectivity index (χ4v) is 2.79. The van der Waals surface area contributed by atoms with Crippen LogP contribution in [0.5, 0.6) is 0 Å². The first-order valence-electron chi connectivity index (χ1n) is 6.83. The summed E-state index contributed by atoms with van der Waals surface area (Å²) in [5.74, 6) is 2.19. The molecular formula is C14H22BrN3. The van der Waals surface area contributed by atoms with Gasteiger partial charge in [-0.3, -0.25) is 0 Å². The molecule has 4 heteroatoms. The Kier molecular flexibility index (Phi) is 4.25. The number of nitrogens with one attached hydrogen (secondary N) is 1. The molecule has 0 unspecified atom stereocenters. The van der Waals surface area contributed by atoms with Crippen LogP contribution in [0.15, 0.2) is 10.7 Å². The molecule has 0 radical (unpaired) electrons. The summed E-state index contributed by atoms with van der Waals surface area (Å²) in [5, 5.41) is 3.49. The van der Waals surface area contributed by atoms with Crippen LogP contribution in [-0.4, -0.2) is 16.5 Å². The number of rotatable bonds is 5. The van der Waals surface area contributed by atoms with Crippen LogP contribution in [0.2, 0.25) is 0 Å². The number of hydrogen-bond acceptors (Lipinski definition) is 3. The minimum absolute atomic E-state index is 0.354. The van der Waals surface area contributed by atoms with Crippen LogP contribution in [0.3, 0.4) is 0 Å². The van der Waals surface area contributed by atoms with Crippen LogP contribution < -0.4 is 5.32 Å². The third-order valence-corrected chi connectivity index (χ3v) is 4.44. The second kappa shape index (κ2) is 5.55. The van der Waals surface area contributed by atoms with Crippen molar-refractivity contribution in [2.75, 3.05) is 11.9 Å². The van der Waals surface area contributed by atoms with E-state index >= 15 is 0 Å². The molecule has 0 amide bonds. The summed E-state index contributed by atoms with van der Waals surface area (Å²) in [6.45, 7) is 7.55. The summed E-state index contributed by atoms with van der Waals surface area (Å²) < 4.78 is 0.864. The van der Waals surface area contributed by atoms with E-state index in [-0.39, 0.29) is 0 Å². The van der Waals surface area contributed by atoms with E-state index in [1.54, 1.807) is 0 Å². The van der Waals surface area contributed by atoms with E-state index in [1.807, 2.05) is 6.07 Å². The SMILES string of the molecule is CCC1(CNc2cc(Br)nc(C(C)C)n2)CCC1. The molecule has 1 heterocycles. The molecule has 2 rings (SSSR count). The van der Waals surface area contributed by atoms with Gasteiger partial charge < -0.3 is 5.32 Å². The van der Waals surface area contributed by atoms with E-state index in [9.17, 15) is 0 Å². The Bertz CT molecular complexity index is 408. The lowest BCUT2D eigenvalue weighted by Crippen LogP contribution is -2.36. The number of anilines is 1. The normalized spacial score (nSPS) is 17.6. The van der Waals surface area contributed by atoms with Gasteiger partial charge in [0.1, 0.15) is 16.2 Å². The van der Waals surface area contributed by atoms with E-state index in [2.05, 4.69) is 52.0 Å². The van der Waals surface area contributed by atoms with Crippen molar-refractivity contribution in [2.45, 2.75) is 52.4 Å². The summed E-state index contributed by atoms with van der Waals surface area (Å²) in [4.78, 5) is 8.97. The zero-order valence-corrected chi connectivity index (χ0v) is 13.0. The number of hydrogen-bond donors (Lipinski definition) is 1. The molecule has 1 aliphatic carbocycles. The lowest BCUT2D eigenvalue weighted by molar-refractivity contribution is 0.145. The lowest BCUT2D eigenvalue weighted by Gasteiger charge is -2.41. The minimum atomic E-state index is 0.354. The van der Waals surface area contributed by atoms with Gasteiger partial charge in [0, 0.05) is 18.5 Å². The summed E-state index contributed by atoms with van der Waals surface area (Å²) in [6.07, 6.45) is 5.32. The molecule has 100 valence electrons. The molecule has 1 N–H and O–H groups in total. The van der Waals surface area contributed by atoms with E-state index in [0.717, 1.165) is 22.8 Å². The molecule has 18 heavy (non-hydrogen) atoms. The Morgan fingerprint density at radius 2 is 2.11 bits per heavy atom. The number of halogens is 1. The average Bonchev–Trinajstić information content (AvgIpc) is 2.27. The molecule has 1 aromatic heterocycles. The minimum Gasteiger partial charge on any atom is -0.369 e. The first-order valence-corrected chi connectivity index (χ1v) is 7.62. The van der Waals surface area contributed by atoms with Gasteiger partial charge in [-0.25, -0.2) is 9.97 Å². The molecule has 0 aliphatic heterocycles. The highest BCUT2D eigenvalue weighted by Crippen LogP contribution is 2.43. The fraction of sp³-hybridized carbons (Fsp3) is 0.714. The second-order valence-electron chi connectivity index (χ2n) is 5.65. The Labute approximate surface area is 118 Å². The van der Waals surface area contributed by atoms with Gasteiger partial charge in [-0.15, -0.1) is 0 Å². The quantitative estimate of drug-likeness (QED) is 0.821. The smallest absolute Gasteiger partial charge is 0.134 e. The summed E-state index contributed by atoms with van der Waals surface area (Å²) >= 11 is 3.46. The maximum Gasteiger partial charge on any atom is 0.134 e. The third kappa shape index (κ3) is 3.02. The molecule has 0 bridgehead atoms. The van der Waals surface area contributed by atoms with Gasteiger partial charge in [-0.2, -0.15) is 0 Å². The van der Waals surface area contributed by atoms with Crippen molar-refractivity contribution < 1.29 is 0 Å². The molecule has 1 fully saturated rings. The highest BCUT2D eigenvalue weighted by Gasteiger charge is 2.34. The topological polar surface area (TPSA) is 37.8 Å². The number of nitrogens with zero attached hydrogens (tertiary/aromatic N) is 2. The molecule has 1 saturated carbocycles. The van der Waals surface area contributed by atoms with Crippen LogP contribution in [0.4, 0.5) is 5.82 Å². The van der Waals surface area contributed by atoms with Crippen LogP contribution in [0, 0.1) is 5.41 Å². The van der Waals surface area contributed by atoms with Gasteiger partial charge in [0.15, 0.2) is 0 Å². The standard InChI is InChI=1S/C14H22BrN3/c1-4-14(6-5-7-14)9-16-12-8-11(15)17-13(18-12)10(2)3/h8,10H,4-7,9H2,1-3H3,(H,16,17,18). The first kappa shape index (κ1) is 13.8. The van der Waals surface area contributed by atoms with Gasteiger partial charge in [-0.1, -0.05) is 27.2 Å². The molecular weight excluding hydrogens is 290 g/mol. The lowest BCUT2D eigenvalue weighted by atomic mass is 9.67. The first-order chi connectivity index (χ1) is 8.54. The molecule has 1 aliphatic rings.